The summed E-state index contributed by atoms with van der Waals surface area (Å²) in [5, 5.41) is 12.0. The number of benzene rings is 1. The lowest BCUT2D eigenvalue weighted by molar-refractivity contribution is 0.424. The summed E-state index contributed by atoms with van der Waals surface area (Å²) in [6, 6.07) is 8.06. The highest BCUT2D eigenvalue weighted by atomic mass is 16.5. The second-order valence-electron chi connectivity index (χ2n) is 4.42. The average molecular weight is 255 g/mol. The van der Waals surface area contributed by atoms with Gasteiger partial charge in [0, 0.05) is 0 Å². The maximum absolute atomic E-state index is 5.13. The van der Waals surface area contributed by atoms with Crippen molar-refractivity contribution in [1.29, 1.82) is 0 Å². The number of hydrogen-bond donors (Lipinski definition) is 0. The van der Waals surface area contributed by atoms with Gasteiger partial charge in [0.1, 0.15) is 0 Å². The van der Waals surface area contributed by atoms with Crippen LogP contribution in [0, 0.1) is 20.8 Å². The third-order valence-electron chi connectivity index (χ3n) is 2.87. The molecule has 0 N–H and O–H groups in total. The molecule has 3 rings (SSSR count). The Bertz CT molecular complexity index is 728. The average Bonchev–Trinajstić information content (AvgIpc) is 2.95. The lowest BCUT2D eigenvalue weighted by atomic mass is 10.2. The number of aryl methyl sites for hydroxylation is 2. The zero-order valence-electron chi connectivity index (χ0n) is 11.0. The third kappa shape index (κ3) is 2.01. The fourth-order valence-electron chi connectivity index (χ4n) is 1.92. The van der Waals surface area contributed by atoms with Crippen LogP contribution in [-0.2, 0) is 0 Å². The molecule has 0 aliphatic heterocycles. The molecule has 0 radical (unpaired) electrons. The molecule has 0 aliphatic rings. The van der Waals surface area contributed by atoms with E-state index in [-0.39, 0.29) is 0 Å². The van der Waals surface area contributed by atoms with E-state index in [2.05, 4.69) is 20.5 Å². The second-order valence-corrected chi connectivity index (χ2v) is 4.42. The van der Waals surface area contributed by atoms with Gasteiger partial charge in [0.25, 0.3) is 5.89 Å². The van der Waals surface area contributed by atoms with Gasteiger partial charge in [-0.05, 0) is 38.5 Å². The summed E-state index contributed by atoms with van der Waals surface area (Å²) < 4.78 is 6.89. The number of rotatable bonds is 2. The van der Waals surface area contributed by atoms with Gasteiger partial charge in [-0.1, -0.05) is 22.5 Å². The molecule has 6 nitrogen and oxygen atoms in total. The Balaban J connectivity index is 2.08. The van der Waals surface area contributed by atoms with Gasteiger partial charge in [-0.3, -0.25) is 0 Å². The Morgan fingerprint density at radius 3 is 2.68 bits per heavy atom. The van der Waals surface area contributed by atoms with Gasteiger partial charge >= 0.3 is 0 Å². The topological polar surface area (TPSA) is 69.6 Å². The van der Waals surface area contributed by atoms with E-state index in [0.29, 0.717) is 17.4 Å². The highest BCUT2D eigenvalue weighted by molar-refractivity contribution is 5.51. The van der Waals surface area contributed by atoms with Crippen molar-refractivity contribution in [2.45, 2.75) is 20.8 Å². The maximum Gasteiger partial charge on any atom is 0.280 e. The zero-order valence-corrected chi connectivity index (χ0v) is 11.0. The van der Waals surface area contributed by atoms with Gasteiger partial charge in [0.15, 0.2) is 11.5 Å². The molecule has 96 valence electrons. The van der Waals surface area contributed by atoms with Crippen molar-refractivity contribution in [1.82, 2.24) is 25.1 Å². The monoisotopic (exact) mass is 255 g/mol. The molecule has 6 heteroatoms. The van der Waals surface area contributed by atoms with E-state index < -0.39 is 0 Å². The molecule has 0 saturated heterocycles. The first-order valence-corrected chi connectivity index (χ1v) is 5.95. The van der Waals surface area contributed by atoms with Crippen molar-refractivity contribution in [2.24, 2.45) is 0 Å². The van der Waals surface area contributed by atoms with Crippen molar-refractivity contribution in [2.75, 3.05) is 0 Å². The summed E-state index contributed by atoms with van der Waals surface area (Å²) in [5.41, 5.74) is 3.62. The lowest BCUT2D eigenvalue weighted by Crippen LogP contribution is -1.99. The Morgan fingerprint density at radius 2 is 2.00 bits per heavy atom. The zero-order chi connectivity index (χ0) is 13.4. The van der Waals surface area contributed by atoms with Crippen molar-refractivity contribution >= 4 is 0 Å². The van der Waals surface area contributed by atoms with Crippen LogP contribution in [-0.4, -0.2) is 25.1 Å². The van der Waals surface area contributed by atoms with E-state index in [1.807, 2.05) is 38.1 Å². The van der Waals surface area contributed by atoms with Gasteiger partial charge < -0.3 is 4.52 Å². The minimum absolute atomic E-state index is 0.397. The fourth-order valence-corrected chi connectivity index (χ4v) is 1.92. The Morgan fingerprint density at radius 1 is 1.16 bits per heavy atom. The first kappa shape index (κ1) is 11.6. The number of nitrogens with zero attached hydrogens (tertiary/aromatic N) is 5. The van der Waals surface area contributed by atoms with Crippen LogP contribution >= 0.6 is 0 Å². The van der Waals surface area contributed by atoms with E-state index in [1.165, 1.54) is 5.56 Å². The molecule has 0 bridgehead atoms. The maximum atomic E-state index is 5.13. The predicted octanol–water partition coefficient (Wildman–Crippen LogP) is 2.24. The van der Waals surface area contributed by atoms with Gasteiger partial charge in [-0.15, -0.1) is 5.10 Å². The summed E-state index contributed by atoms with van der Waals surface area (Å²) in [4.78, 5) is 4.17. The van der Waals surface area contributed by atoms with Crippen LogP contribution in [0.2, 0.25) is 0 Å². The Hall–Kier alpha value is -2.50. The van der Waals surface area contributed by atoms with Crippen LogP contribution in [0.15, 0.2) is 28.8 Å². The normalized spacial score (nSPS) is 10.9. The molecule has 0 unspecified atom stereocenters. The molecule has 0 atom stereocenters. The minimum atomic E-state index is 0.397. The third-order valence-corrected chi connectivity index (χ3v) is 2.87. The summed E-state index contributed by atoms with van der Waals surface area (Å²) in [6.45, 7) is 5.74. The van der Waals surface area contributed by atoms with E-state index in [1.54, 1.807) is 11.6 Å². The van der Waals surface area contributed by atoms with Gasteiger partial charge in [0.2, 0.25) is 0 Å². The number of aromatic nitrogens is 5. The predicted molar refractivity (Wildman–Crippen MR) is 68.9 cm³/mol. The molecular formula is C13H13N5O. The van der Waals surface area contributed by atoms with Crippen LogP contribution < -0.4 is 0 Å². The van der Waals surface area contributed by atoms with Crippen LogP contribution in [0.4, 0.5) is 0 Å². The largest absolute Gasteiger partial charge is 0.332 e. The van der Waals surface area contributed by atoms with Gasteiger partial charge in [-0.25, -0.2) is 4.68 Å². The van der Waals surface area contributed by atoms with Crippen molar-refractivity contribution in [3.05, 3.63) is 41.3 Å². The van der Waals surface area contributed by atoms with E-state index in [0.717, 1.165) is 11.4 Å². The molecule has 1 aromatic carbocycles. The second kappa shape index (κ2) is 4.31. The smallest absolute Gasteiger partial charge is 0.280 e. The quantitative estimate of drug-likeness (QED) is 0.702. The molecule has 0 spiro atoms. The SMILES string of the molecule is Cc1cccc(-n2nnc(-c3nc(C)no3)c2C)c1. The molecule has 19 heavy (non-hydrogen) atoms. The molecule has 2 heterocycles. The molecule has 2 aromatic heterocycles. The van der Waals surface area contributed by atoms with Crippen LogP contribution in [0.3, 0.4) is 0 Å². The Labute approximate surface area is 110 Å². The van der Waals surface area contributed by atoms with E-state index >= 15 is 0 Å². The molecule has 3 aromatic rings. The van der Waals surface area contributed by atoms with Crippen LogP contribution in [0.1, 0.15) is 17.1 Å². The highest BCUT2D eigenvalue weighted by Crippen LogP contribution is 2.21. The highest BCUT2D eigenvalue weighted by Gasteiger charge is 2.17. The summed E-state index contributed by atoms with van der Waals surface area (Å²) in [7, 11) is 0. The minimum Gasteiger partial charge on any atom is -0.332 e. The van der Waals surface area contributed by atoms with Crippen LogP contribution in [0.5, 0.6) is 0 Å². The first-order valence-electron chi connectivity index (χ1n) is 5.95. The molecular weight excluding hydrogens is 242 g/mol. The number of hydrogen-bond acceptors (Lipinski definition) is 5. The Kier molecular flexibility index (Phi) is 2.63. The lowest BCUT2D eigenvalue weighted by Gasteiger charge is -2.03. The molecule has 0 saturated carbocycles. The summed E-state index contributed by atoms with van der Waals surface area (Å²) in [5.74, 6) is 0.980. The van der Waals surface area contributed by atoms with E-state index in [9.17, 15) is 0 Å². The van der Waals surface area contributed by atoms with Gasteiger partial charge in [-0.2, -0.15) is 4.98 Å². The van der Waals surface area contributed by atoms with Crippen molar-refractivity contribution < 1.29 is 4.52 Å². The summed E-state index contributed by atoms with van der Waals surface area (Å²) in [6.07, 6.45) is 0. The van der Waals surface area contributed by atoms with Crippen molar-refractivity contribution in [3.63, 3.8) is 0 Å². The van der Waals surface area contributed by atoms with E-state index in [4.69, 9.17) is 4.52 Å². The molecule has 0 amide bonds. The summed E-state index contributed by atoms with van der Waals surface area (Å²) >= 11 is 0. The fraction of sp³-hybridized carbons (Fsp3) is 0.231. The van der Waals surface area contributed by atoms with Crippen LogP contribution in [0.25, 0.3) is 17.3 Å². The molecule has 0 aliphatic carbocycles. The molecule has 0 fully saturated rings. The van der Waals surface area contributed by atoms with Crippen molar-refractivity contribution in [3.8, 4) is 17.3 Å². The standard InChI is InChI=1S/C13H13N5O/c1-8-5-4-6-11(7-8)18-9(2)12(15-17-18)13-14-10(3)16-19-13/h4-7H,1-3H3. The van der Waals surface area contributed by atoms with Gasteiger partial charge in [0.05, 0.1) is 11.4 Å². The first-order chi connectivity index (χ1) is 9.15.